The Balaban J connectivity index is 1.48. The van der Waals surface area contributed by atoms with Gasteiger partial charge in [0.15, 0.2) is 5.82 Å². The van der Waals surface area contributed by atoms with Gasteiger partial charge in [-0.3, -0.25) is 9.59 Å². The second-order valence-corrected chi connectivity index (χ2v) is 12.8. The molecule has 0 spiro atoms. The van der Waals surface area contributed by atoms with Gasteiger partial charge in [0.05, 0.1) is 36.5 Å². The Morgan fingerprint density at radius 1 is 1.12 bits per heavy atom. The van der Waals surface area contributed by atoms with Crippen LogP contribution in [0.5, 0.6) is 11.6 Å². The lowest BCUT2D eigenvalue weighted by Crippen LogP contribution is -2.50. The minimum atomic E-state index is -1.20. The van der Waals surface area contributed by atoms with E-state index in [4.69, 9.17) is 24.2 Å². The zero-order valence-corrected chi connectivity index (χ0v) is 28.7. The number of carbonyl (C=O) groups excluding carboxylic acids is 3. The van der Waals surface area contributed by atoms with E-state index in [9.17, 15) is 18.8 Å². The number of methoxy groups -OCH3 is 1. The summed E-state index contributed by atoms with van der Waals surface area (Å²) in [5, 5.41) is 3.56. The Morgan fingerprint density at radius 2 is 1.90 bits per heavy atom. The number of nitrogens with zero attached hydrogens (tertiary/aromatic N) is 3. The van der Waals surface area contributed by atoms with E-state index in [1.807, 2.05) is 13.0 Å². The summed E-state index contributed by atoms with van der Waals surface area (Å²) in [7, 11) is 3.32. The van der Waals surface area contributed by atoms with Crippen molar-refractivity contribution in [2.45, 2.75) is 64.0 Å². The van der Waals surface area contributed by atoms with Gasteiger partial charge in [0.25, 0.3) is 0 Å². The number of nitrogens with one attached hydrogen (secondary N) is 1. The quantitative estimate of drug-likeness (QED) is 0.119. The van der Waals surface area contributed by atoms with E-state index in [2.05, 4.69) is 18.5 Å². The number of halogens is 1. The molecule has 10 nitrogen and oxygen atoms in total. The molecule has 2 amide bonds. The van der Waals surface area contributed by atoms with Crippen molar-refractivity contribution in [3.8, 4) is 23.0 Å². The molecule has 0 aliphatic heterocycles. The third kappa shape index (κ3) is 7.45. The lowest BCUT2D eigenvalue weighted by Gasteiger charge is -2.26. The van der Waals surface area contributed by atoms with Crippen LogP contribution >= 0.6 is 0 Å². The van der Waals surface area contributed by atoms with Crippen molar-refractivity contribution in [2.75, 3.05) is 27.3 Å². The molecule has 260 valence electrons. The number of ether oxygens (including phenoxy) is 3. The Bertz CT molecular complexity index is 1750. The molecule has 1 aromatic heterocycles. The fraction of sp³-hybridized carbons (Fsp3) is 0.447. The van der Waals surface area contributed by atoms with Crippen LogP contribution in [0.15, 0.2) is 61.7 Å². The topological polar surface area (TPSA) is 120 Å². The van der Waals surface area contributed by atoms with Gasteiger partial charge < -0.3 is 24.4 Å². The molecule has 5 rings (SSSR count). The Labute approximate surface area is 286 Å². The summed E-state index contributed by atoms with van der Waals surface area (Å²) in [6.07, 6.45) is 6.30. The largest absolute Gasteiger partial charge is 0.496 e. The molecule has 1 N–H and O–H groups in total. The van der Waals surface area contributed by atoms with Crippen molar-refractivity contribution in [1.82, 2.24) is 20.2 Å². The molecule has 0 bridgehead atoms. The maximum atomic E-state index is 14.3. The molecule has 5 atom stereocenters. The number of esters is 1. The number of rotatable bonds is 15. The monoisotopic (exact) mass is 672 g/mol. The Hall–Kier alpha value is -4.80. The first-order chi connectivity index (χ1) is 23.6. The van der Waals surface area contributed by atoms with E-state index < -0.39 is 41.2 Å². The molecule has 11 heteroatoms. The van der Waals surface area contributed by atoms with E-state index in [-0.39, 0.29) is 43.0 Å². The van der Waals surface area contributed by atoms with Crippen LogP contribution in [0.4, 0.5) is 4.39 Å². The van der Waals surface area contributed by atoms with Crippen LogP contribution in [0.3, 0.4) is 0 Å². The van der Waals surface area contributed by atoms with E-state index >= 15 is 0 Å². The first-order valence-electron chi connectivity index (χ1n) is 16.8. The normalized spacial score (nSPS) is 22.6. The number of fused-ring (bicyclic) bond motifs is 1. The van der Waals surface area contributed by atoms with Crippen molar-refractivity contribution in [3.05, 3.63) is 73.1 Å². The zero-order chi connectivity index (χ0) is 35.3. The number of hydrogen-bond acceptors (Lipinski definition) is 8. The van der Waals surface area contributed by atoms with Crippen LogP contribution in [0.1, 0.15) is 51.0 Å². The summed E-state index contributed by atoms with van der Waals surface area (Å²) in [6, 6.07) is 9.60. The molecule has 0 radical (unpaired) electrons. The van der Waals surface area contributed by atoms with Crippen molar-refractivity contribution < 1.29 is 33.0 Å². The van der Waals surface area contributed by atoms with Gasteiger partial charge in [0, 0.05) is 30.6 Å². The molecule has 1 heterocycles. The second-order valence-electron chi connectivity index (χ2n) is 12.8. The van der Waals surface area contributed by atoms with Crippen molar-refractivity contribution in [2.24, 2.45) is 17.8 Å². The lowest BCUT2D eigenvalue weighted by molar-refractivity contribution is -0.150. The van der Waals surface area contributed by atoms with Gasteiger partial charge in [-0.1, -0.05) is 24.3 Å². The molecule has 49 heavy (non-hydrogen) atoms. The second kappa shape index (κ2) is 15.2. The predicted molar refractivity (Wildman–Crippen MR) is 184 cm³/mol. The van der Waals surface area contributed by atoms with Crippen LogP contribution in [0.25, 0.3) is 22.3 Å². The number of aromatic nitrogens is 2. The number of benzene rings is 2. The van der Waals surface area contributed by atoms with Gasteiger partial charge >= 0.3 is 5.97 Å². The third-order valence-electron chi connectivity index (χ3n) is 9.60. The standard InChI is InChI=1S/C38H45FN4O6/c1-7-10-11-12-18-43(5)36(45)30-21-27(20-29(30)34(44)42-38(22-25(38)8-2)37(46)48-9-3)49-35-28-16-17-31(47-6)23(4)32(28)40-33(41-35)24-14-13-15-26(39)19-24/h7-8,13-17,19,25,27,29-30H,1-2,9-12,18,20-22H2,3-6H3,(H,42,44)/t25-,27-,29-,30-,38-/m1/s1. The summed E-state index contributed by atoms with van der Waals surface area (Å²) in [6.45, 7) is 11.9. The van der Waals surface area contributed by atoms with Gasteiger partial charge in [0.2, 0.25) is 17.7 Å². The van der Waals surface area contributed by atoms with E-state index in [0.29, 0.717) is 35.2 Å². The summed E-state index contributed by atoms with van der Waals surface area (Å²) in [5.74, 6) is -2.12. The maximum absolute atomic E-state index is 14.3. The van der Waals surface area contributed by atoms with Gasteiger partial charge in [-0.05, 0) is 76.6 Å². The SMILES string of the molecule is C=CCCCCN(C)C(=O)[C@@H]1C[C@H](Oc2nc(-c3cccc(F)c3)nc3c(C)c(OC)ccc23)C[C@H]1C(=O)N[C@]1(C(=O)OCC)C[C@H]1C=C. The van der Waals surface area contributed by atoms with Crippen LogP contribution in [-0.2, 0) is 19.1 Å². The number of allylic oxidation sites excluding steroid dienone is 1. The fourth-order valence-electron chi connectivity index (χ4n) is 6.77. The smallest absolute Gasteiger partial charge is 0.332 e. The van der Waals surface area contributed by atoms with Gasteiger partial charge in [-0.15, -0.1) is 13.2 Å². The van der Waals surface area contributed by atoms with Crippen LogP contribution in [0, 0.1) is 30.5 Å². The van der Waals surface area contributed by atoms with Gasteiger partial charge in [-0.25, -0.2) is 14.2 Å². The Kier molecular flexibility index (Phi) is 11.0. The lowest BCUT2D eigenvalue weighted by atomic mass is 9.93. The van der Waals surface area contributed by atoms with Crippen LogP contribution in [-0.4, -0.2) is 71.6 Å². The number of unbranched alkanes of at least 4 members (excludes halogenated alkanes) is 2. The molecule has 3 aromatic rings. The minimum absolute atomic E-state index is 0.167. The molecular formula is C38H45FN4O6. The van der Waals surface area contributed by atoms with Gasteiger partial charge in [0.1, 0.15) is 23.2 Å². The first kappa shape index (κ1) is 35.5. The maximum Gasteiger partial charge on any atom is 0.332 e. The molecule has 2 aliphatic carbocycles. The summed E-state index contributed by atoms with van der Waals surface area (Å²) >= 11 is 0. The highest BCUT2D eigenvalue weighted by molar-refractivity contribution is 5.95. The average molecular weight is 673 g/mol. The number of aryl methyl sites for hydroxylation is 1. The molecular weight excluding hydrogens is 627 g/mol. The summed E-state index contributed by atoms with van der Waals surface area (Å²) < 4.78 is 31.7. The van der Waals surface area contributed by atoms with Gasteiger partial charge in [-0.2, -0.15) is 4.98 Å². The fourth-order valence-corrected chi connectivity index (χ4v) is 6.77. The highest BCUT2D eigenvalue weighted by Gasteiger charge is 2.62. The van der Waals surface area contributed by atoms with E-state index in [1.165, 1.54) is 12.1 Å². The van der Waals surface area contributed by atoms with Crippen LogP contribution in [0.2, 0.25) is 0 Å². The van der Waals surface area contributed by atoms with Crippen molar-refractivity contribution >= 4 is 28.7 Å². The van der Waals surface area contributed by atoms with Crippen LogP contribution < -0.4 is 14.8 Å². The molecule has 2 aromatic carbocycles. The predicted octanol–water partition coefficient (Wildman–Crippen LogP) is 5.97. The van der Waals surface area contributed by atoms with E-state index in [0.717, 1.165) is 24.8 Å². The highest BCUT2D eigenvalue weighted by atomic mass is 19.1. The third-order valence-corrected chi connectivity index (χ3v) is 9.60. The summed E-state index contributed by atoms with van der Waals surface area (Å²) in [4.78, 5) is 52.1. The number of carbonyl (C=O) groups is 3. The number of amides is 2. The molecule has 2 aliphatic rings. The summed E-state index contributed by atoms with van der Waals surface area (Å²) in [5.41, 5.74) is 0.597. The number of hydrogen-bond donors (Lipinski definition) is 1. The zero-order valence-electron chi connectivity index (χ0n) is 28.7. The molecule has 2 saturated carbocycles. The van der Waals surface area contributed by atoms with E-state index in [1.54, 1.807) is 56.3 Å². The molecule has 0 saturated heterocycles. The first-order valence-corrected chi connectivity index (χ1v) is 16.8. The minimum Gasteiger partial charge on any atom is -0.496 e. The molecule has 0 unspecified atom stereocenters. The Morgan fingerprint density at radius 3 is 2.57 bits per heavy atom. The van der Waals surface area contributed by atoms with Crippen molar-refractivity contribution in [3.63, 3.8) is 0 Å². The molecule has 2 fully saturated rings. The highest BCUT2D eigenvalue weighted by Crippen LogP contribution is 2.47. The van der Waals surface area contributed by atoms with Crippen molar-refractivity contribution in [1.29, 1.82) is 0 Å². The average Bonchev–Trinajstić information content (AvgIpc) is 3.65.